The van der Waals surface area contributed by atoms with Crippen LogP contribution in [0, 0.1) is 0 Å². The van der Waals surface area contributed by atoms with Gasteiger partial charge >= 0.3 is 0 Å². The van der Waals surface area contributed by atoms with Gasteiger partial charge in [-0.25, -0.2) is 8.78 Å². The lowest BCUT2D eigenvalue weighted by atomic mass is 10.1. The molecule has 1 unspecified atom stereocenters. The van der Waals surface area contributed by atoms with E-state index in [4.69, 9.17) is 5.11 Å². The van der Waals surface area contributed by atoms with Crippen LogP contribution in [0.1, 0.15) is 19.3 Å². The van der Waals surface area contributed by atoms with Gasteiger partial charge in [-0.2, -0.15) is 17.4 Å². The smallest absolute Gasteiger partial charge is 0.279 e. The highest BCUT2D eigenvalue weighted by Crippen LogP contribution is 2.19. The Balaban J connectivity index is 2.64. The van der Waals surface area contributed by atoms with Crippen molar-refractivity contribution in [3.63, 3.8) is 0 Å². The Morgan fingerprint density at radius 1 is 1.44 bits per heavy atom. The molecule has 16 heavy (non-hydrogen) atoms. The van der Waals surface area contributed by atoms with Gasteiger partial charge in [-0.1, -0.05) is 6.42 Å². The average molecular weight is 258 g/mol. The normalized spacial score (nSPS) is 23.9. The highest BCUT2D eigenvalue weighted by Gasteiger charge is 2.31. The molecule has 1 aliphatic heterocycles. The van der Waals surface area contributed by atoms with Gasteiger partial charge in [0.15, 0.2) is 0 Å². The van der Waals surface area contributed by atoms with Crippen molar-refractivity contribution in [1.29, 1.82) is 0 Å². The second-order valence-corrected chi connectivity index (χ2v) is 5.40. The highest BCUT2D eigenvalue weighted by atomic mass is 32.2. The summed E-state index contributed by atoms with van der Waals surface area (Å²) in [5, 5.41) is 9.02. The third kappa shape index (κ3) is 3.62. The predicted molar refractivity (Wildman–Crippen MR) is 54.4 cm³/mol. The molecule has 96 valence electrons. The summed E-state index contributed by atoms with van der Waals surface area (Å²) in [5.41, 5.74) is 0. The van der Waals surface area contributed by atoms with Gasteiger partial charge < -0.3 is 5.11 Å². The van der Waals surface area contributed by atoms with Crippen LogP contribution in [0.5, 0.6) is 0 Å². The molecule has 1 rings (SSSR count). The minimum atomic E-state index is -3.90. The Morgan fingerprint density at radius 2 is 2.12 bits per heavy atom. The molecule has 0 bridgehead atoms. The molecule has 0 spiro atoms. The van der Waals surface area contributed by atoms with E-state index in [0.29, 0.717) is 12.8 Å². The number of nitrogens with one attached hydrogen (secondary N) is 1. The number of piperidine rings is 1. The molecule has 1 aliphatic rings. The van der Waals surface area contributed by atoms with Crippen LogP contribution in [0.4, 0.5) is 8.78 Å². The van der Waals surface area contributed by atoms with E-state index >= 15 is 0 Å². The van der Waals surface area contributed by atoms with Gasteiger partial charge in [-0.15, -0.1) is 0 Å². The van der Waals surface area contributed by atoms with Crippen LogP contribution in [-0.4, -0.2) is 50.0 Å². The highest BCUT2D eigenvalue weighted by molar-refractivity contribution is 7.87. The minimum absolute atomic E-state index is 0.268. The van der Waals surface area contributed by atoms with Crippen molar-refractivity contribution in [3.05, 3.63) is 0 Å². The van der Waals surface area contributed by atoms with Gasteiger partial charge in [0.1, 0.15) is 0 Å². The van der Waals surface area contributed by atoms with Gasteiger partial charge in [0.2, 0.25) is 0 Å². The SMILES string of the molecule is O=S(=O)(NCC(F)F)N1CCCCC1CO. The molecule has 1 saturated heterocycles. The van der Waals surface area contributed by atoms with Crippen LogP contribution in [0.3, 0.4) is 0 Å². The number of hydrogen-bond donors (Lipinski definition) is 2. The van der Waals surface area contributed by atoms with Gasteiger partial charge in [-0.3, -0.25) is 0 Å². The summed E-state index contributed by atoms with van der Waals surface area (Å²) in [4.78, 5) is 0. The zero-order chi connectivity index (χ0) is 12.2. The average Bonchev–Trinajstić information content (AvgIpc) is 2.26. The zero-order valence-electron chi connectivity index (χ0n) is 8.77. The number of halogens is 2. The van der Waals surface area contributed by atoms with Gasteiger partial charge in [0.05, 0.1) is 13.2 Å². The van der Waals surface area contributed by atoms with Crippen molar-refractivity contribution in [2.45, 2.75) is 31.7 Å². The minimum Gasteiger partial charge on any atom is -0.395 e. The van der Waals surface area contributed by atoms with E-state index in [0.717, 1.165) is 10.7 Å². The molecule has 1 fully saturated rings. The van der Waals surface area contributed by atoms with Gasteiger partial charge in [0.25, 0.3) is 16.6 Å². The maximum absolute atomic E-state index is 11.9. The number of aliphatic hydroxyl groups is 1. The number of nitrogens with zero attached hydrogens (tertiary/aromatic N) is 1. The van der Waals surface area contributed by atoms with Crippen molar-refractivity contribution in [2.24, 2.45) is 0 Å². The molecule has 0 aliphatic carbocycles. The first-order valence-electron chi connectivity index (χ1n) is 5.13. The van der Waals surface area contributed by atoms with E-state index in [9.17, 15) is 17.2 Å². The van der Waals surface area contributed by atoms with Crippen LogP contribution < -0.4 is 4.72 Å². The maximum Gasteiger partial charge on any atom is 0.279 e. The molecule has 0 aromatic carbocycles. The number of alkyl halides is 2. The third-order valence-corrected chi connectivity index (χ3v) is 4.14. The number of aliphatic hydroxyl groups excluding tert-OH is 1. The molecule has 0 amide bonds. The van der Waals surface area contributed by atoms with Gasteiger partial charge in [0, 0.05) is 12.6 Å². The van der Waals surface area contributed by atoms with Crippen LogP contribution in [0.15, 0.2) is 0 Å². The fourth-order valence-electron chi connectivity index (χ4n) is 1.72. The molecule has 1 heterocycles. The van der Waals surface area contributed by atoms with Crippen molar-refractivity contribution in [2.75, 3.05) is 19.7 Å². The monoisotopic (exact) mass is 258 g/mol. The lowest BCUT2D eigenvalue weighted by Crippen LogP contribution is -2.51. The van der Waals surface area contributed by atoms with E-state index in [1.165, 1.54) is 0 Å². The molecule has 5 nitrogen and oxygen atoms in total. The number of hydrogen-bond acceptors (Lipinski definition) is 3. The number of rotatable bonds is 5. The van der Waals surface area contributed by atoms with Crippen molar-refractivity contribution < 1.29 is 22.3 Å². The largest absolute Gasteiger partial charge is 0.395 e. The van der Waals surface area contributed by atoms with Crippen molar-refractivity contribution in [3.8, 4) is 0 Å². The van der Waals surface area contributed by atoms with Crippen LogP contribution in [-0.2, 0) is 10.2 Å². The van der Waals surface area contributed by atoms with Crippen LogP contribution >= 0.6 is 0 Å². The second-order valence-electron chi connectivity index (χ2n) is 3.69. The van der Waals surface area contributed by atoms with E-state index in [1.807, 2.05) is 4.72 Å². The van der Waals surface area contributed by atoms with Crippen LogP contribution in [0.25, 0.3) is 0 Å². The first-order valence-corrected chi connectivity index (χ1v) is 6.57. The Hall–Kier alpha value is -0.310. The van der Waals surface area contributed by atoms with Crippen molar-refractivity contribution >= 4 is 10.2 Å². The van der Waals surface area contributed by atoms with E-state index in [-0.39, 0.29) is 13.2 Å². The molecule has 1 atom stereocenters. The predicted octanol–water partition coefficient (Wildman–Crippen LogP) is -0.0673. The summed E-state index contributed by atoms with van der Waals surface area (Å²) in [6.45, 7) is -0.906. The van der Waals surface area contributed by atoms with Crippen LogP contribution in [0.2, 0.25) is 0 Å². The summed E-state index contributed by atoms with van der Waals surface area (Å²) in [7, 11) is -3.90. The quantitative estimate of drug-likeness (QED) is 0.725. The molecule has 0 aromatic heterocycles. The van der Waals surface area contributed by atoms with Crippen molar-refractivity contribution in [1.82, 2.24) is 9.03 Å². The Labute approximate surface area is 93.6 Å². The third-order valence-electron chi connectivity index (χ3n) is 2.51. The fourth-order valence-corrected chi connectivity index (χ4v) is 3.16. The van der Waals surface area contributed by atoms with E-state index in [1.54, 1.807) is 0 Å². The zero-order valence-corrected chi connectivity index (χ0v) is 9.59. The Bertz CT molecular complexity index is 310. The fraction of sp³-hybridized carbons (Fsp3) is 1.00. The Morgan fingerprint density at radius 3 is 2.69 bits per heavy atom. The molecule has 0 saturated carbocycles. The summed E-state index contributed by atoms with van der Waals surface area (Å²) in [6, 6.07) is -0.496. The van der Waals surface area contributed by atoms with E-state index < -0.39 is 29.2 Å². The topological polar surface area (TPSA) is 69.6 Å². The molecular weight excluding hydrogens is 242 g/mol. The lowest BCUT2D eigenvalue weighted by molar-refractivity contribution is 0.143. The first-order chi connectivity index (χ1) is 7.47. The standard InChI is InChI=1S/C8H16F2N2O3S/c9-8(10)5-11-16(14,15)12-4-2-1-3-7(12)6-13/h7-8,11,13H,1-6H2. The second kappa shape index (κ2) is 5.85. The summed E-state index contributed by atoms with van der Waals surface area (Å²) in [6.07, 6.45) is -0.628. The lowest BCUT2D eigenvalue weighted by Gasteiger charge is -2.33. The maximum atomic E-state index is 11.9. The molecule has 0 aromatic rings. The summed E-state index contributed by atoms with van der Waals surface area (Å²) < 4.78 is 50.0. The molecule has 8 heteroatoms. The summed E-state index contributed by atoms with van der Waals surface area (Å²) >= 11 is 0. The molecular formula is C8H16F2N2O3S. The first kappa shape index (κ1) is 13.8. The Kier molecular flexibility index (Phi) is 5.03. The van der Waals surface area contributed by atoms with Gasteiger partial charge in [-0.05, 0) is 12.8 Å². The molecule has 2 N–H and O–H groups in total. The molecule has 0 radical (unpaired) electrons. The van der Waals surface area contributed by atoms with E-state index in [2.05, 4.69) is 0 Å². The summed E-state index contributed by atoms with van der Waals surface area (Å²) in [5.74, 6) is 0.